The lowest BCUT2D eigenvalue weighted by Crippen LogP contribution is -2.24. The third kappa shape index (κ3) is 5.15. The Kier molecular flexibility index (Phi) is 5.28. The Morgan fingerprint density at radius 2 is 1.96 bits per heavy atom. The van der Waals surface area contributed by atoms with Gasteiger partial charge in [0.1, 0.15) is 5.75 Å². The molecule has 0 fully saturated rings. The molecule has 5 nitrogen and oxygen atoms in total. The van der Waals surface area contributed by atoms with Crippen LogP contribution in [0.3, 0.4) is 0 Å². The van der Waals surface area contributed by atoms with Gasteiger partial charge in [0.25, 0.3) is 5.56 Å². The van der Waals surface area contributed by atoms with Crippen LogP contribution in [0.25, 0.3) is 0 Å². The molecule has 0 unspecified atom stereocenters. The summed E-state index contributed by atoms with van der Waals surface area (Å²) in [7, 11) is 0. The maximum Gasteiger partial charge on any atom is 0.573 e. The number of carbonyl (C=O) groups is 1. The van der Waals surface area contributed by atoms with Crippen molar-refractivity contribution in [1.29, 1.82) is 0 Å². The summed E-state index contributed by atoms with van der Waals surface area (Å²) in [5.41, 5.74) is 0.415. The minimum atomic E-state index is -4.79. The van der Waals surface area contributed by atoms with Gasteiger partial charge in [-0.05, 0) is 30.2 Å². The van der Waals surface area contributed by atoms with Gasteiger partial charge in [0.05, 0.1) is 6.54 Å². The van der Waals surface area contributed by atoms with E-state index in [1.54, 1.807) is 12.1 Å². The molecule has 1 aromatic heterocycles. The van der Waals surface area contributed by atoms with E-state index in [0.29, 0.717) is 11.1 Å². The van der Waals surface area contributed by atoms with E-state index in [4.69, 9.17) is 5.11 Å². The molecule has 0 saturated carbocycles. The molecule has 0 radical (unpaired) electrons. The number of ether oxygens (including phenoxy) is 1. The van der Waals surface area contributed by atoms with Crippen molar-refractivity contribution in [2.45, 2.75) is 25.7 Å². The number of carboxylic acid groups (broad SMARTS) is 1. The average Bonchev–Trinajstić information content (AvgIpc) is 2.46. The van der Waals surface area contributed by atoms with Gasteiger partial charge in [-0.25, -0.2) is 0 Å². The van der Waals surface area contributed by atoms with Gasteiger partial charge in [-0.1, -0.05) is 18.2 Å². The highest BCUT2D eigenvalue weighted by atomic mass is 19.4. The first-order valence-corrected chi connectivity index (χ1v) is 6.99. The van der Waals surface area contributed by atoms with Crippen molar-refractivity contribution in [3.63, 3.8) is 0 Å². The van der Waals surface area contributed by atoms with Crippen LogP contribution in [-0.4, -0.2) is 22.0 Å². The van der Waals surface area contributed by atoms with Crippen LogP contribution in [0.15, 0.2) is 47.4 Å². The van der Waals surface area contributed by atoms with E-state index in [9.17, 15) is 22.8 Å². The molecule has 0 aliphatic heterocycles. The Bertz CT molecular complexity index is 783. The summed E-state index contributed by atoms with van der Waals surface area (Å²) in [5, 5.41) is 8.68. The number of benzene rings is 1. The minimum Gasteiger partial charge on any atom is -0.481 e. The molecule has 0 aliphatic rings. The molecule has 0 bridgehead atoms. The van der Waals surface area contributed by atoms with Gasteiger partial charge < -0.3 is 14.4 Å². The maximum absolute atomic E-state index is 12.3. The molecule has 0 amide bonds. The third-order valence-electron chi connectivity index (χ3n) is 3.19. The van der Waals surface area contributed by atoms with Crippen LogP contribution >= 0.6 is 0 Å². The summed E-state index contributed by atoms with van der Waals surface area (Å²) >= 11 is 0. The number of rotatable bonds is 6. The van der Waals surface area contributed by atoms with E-state index in [0.717, 1.165) is 0 Å². The number of aryl methyl sites for hydroxylation is 1. The van der Waals surface area contributed by atoms with Crippen LogP contribution in [0, 0.1) is 0 Å². The van der Waals surface area contributed by atoms with E-state index in [1.165, 1.54) is 35.0 Å². The second-order valence-electron chi connectivity index (χ2n) is 5.06. The highest BCUT2D eigenvalue weighted by Crippen LogP contribution is 2.23. The largest absolute Gasteiger partial charge is 0.573 e. The van der Waals surface area contributed by atoms with Crippen molar-refractivity contribution in [3.8, 4) is 5.75 Å². The van der Waals surface area contributed by atoms with Gasteiger partial charge in [-0.3, -0.25) is 9.59 Å². The molecular formula is C16H14F3NO4. The average molecular weight is 341 g/mol. The molecule has 1 heterocycles. The lowest BCUT2D eigenvalue weighted by Gasteiger charge is -2.11. The lowest BCUT2D eigenvalue weighted by atomic mass is 10.1. The molecule has 128 valence electrons. The molecule has 2 rings (SSSR count). The fourth-order valence-corrected chi connectivity index (χ4v) is 2.18. The molecule has 0 atom stereocenters. The van der Waals surface area contributed by atoms with Gasteiger partial charge in [-0.15, -0.1) is 13.2 Å². The predicted molar refractivity (Wildman–Crippen MR) is 78.9 cm³/mol. The smallest absolute Gasteiger partial charge is 0.481 e. The normalized spacial score (nSPS) is 11.3. The number of hydrogen-bond acceptors (Lipinski definition) is 3. The summed E-state index contributed by atoms with van der Waals surface area (Å²) < 4.78 is 41.9. The van der Waals surface area contributed by atoms with Crippen molar-refractivity contribution in [1.82, 2.24) is 4.57 Å². The highest BCUT2D eigenvalue weighted by Gasteiger charge is 2.31. The standard InChI is InChI=1S/C16H14F3NO4/c17-16(18,19)24-13-5-1-3-11(9-13)10-20-8-2-4-12(15(20)23)6-7-14(21)22/h1-5,8-9H,6-7,10H2,(H,21,22). The van der Waals surface area contributed by atoms with Crippen LogP contribution < -0.4 is 10.3 Å². The predicted octanol–water partition coefficient (Wildman–Crippen LogP) is 2.81. The maximum atomic E-state index is 12.3. The first kappa shape index (κ1) is 17.6. The van der Waals surface area contributed by atoms with Crippen molar-refractivity contribution in [2.24, 2.45) is 0 Å². The van der Waals surface area contributed by atoms with Gasteiger partial charge in [0.2, 0.25) is 0 Å². The summed E-state index contributed by atoms with van der Waals surface area (Å²) in [4.78, 5) is 22.9. The highest BCUT2D eigenvalue weighted by molar-refractivity contribution is 5.67. The van der Waals surface area contributed by atoms with Gasteiger partial charge >= 0.3 is 12.3 Å². The number of carboxylic acids is 1. The summed E-state index contributed by atoms with van der Waals surface area (Å²) in [5.74, 6) is -1.38. The van der Waals surface area contributed by atoms with Crippen LogP contribution in [0.4, 0.5) is 13.2 Å². The second-order valence-corrected chi connectivity index (χ2v) is 5.06. The van der Waals surface area contributed by atoms with E-state index < -0.39 is 12.3 Å². The Labute approximate surface area is 134 Å². The second kappa shape index (κ2) is 7.20. The molecule has 0 spiro atoms. The molecule has 24 heavy (non-hydrogen) atoms. The zero-order valence-electron chi connectivity index (χ0n) is 12.4. The molecular weight excluding hydrogens is 327 g/mol. The topological polar surface area (TPSA) is 68.5 Å². The molecule has 8 heteroatoms. The van der Waals surface area contributed by atoms with Crippen LogP contribution in [0.1, 0.15) is 17.5 Å². The van der Waals surface area contributed by atoms with Gasteiger partial charge in [-0.2, -0.15) is 0 Å². The Morgan fingerprint density at radius 1 is 1.21 bits per heavy atom. The summed E-state index contributed by atoms with van der Waals surface area (Å²) in [6, 6.07) is 8.46. The van der Waals surface area contributed by atoms with Gasteiger partial charge in [0, 0.05) is 18.2 Å². The van der Waals surface area contributed by atoms with E-state index in [1.807, 2.05) is 0 Å². The zero-order valence-corrected chi connectivity index (χ0v) is 12.4. The SMILES string of the molecule is O=C(O)CCc1cccn(Cc2cccc(OC(F)(F)F)c2)c1=O. The molecule has 2 aromatic rings. The minimum absolute atomic E-state index is 0.0504. The van der Waals surface area contributed by atoms with E-state index in [2.05, 4.69) is 4.74 Å². The number of alkyl halides is 3. The van der Waals surface area contributed by atoms with Crippen LogP contribution in [0.2, 0.25) is 0 Å². The first-order valence-electron chi connectivity index (χ1n) is 6.99. The van der Waals surface area contributed by atoms with E-state index >= 15 is 0 Å². The first-order chi connectivity index (χ1) is 11.2. The van der Waals surface area contributed by atoms with Crippen LogP contribution in [0.5, 0.6) is 5.75 Å². The number of aliphatic carboxylic acids is 1. The van der Waals surface area contributed by atoms with Crippen LogP contribution in [-0.2, 0) is 17.8 Å². The van der Waals surface area contributed by atoms with Gasteiger partial charge in [0.15, 0.2) is 0 Å². The number of halogens is 3. The number of hydrogen-bond donors (Lipinski definition) is 1. The number of pyridine rings is 1. The lowest BCUT2D eigenvalue weighted by molar-refractivity contribution is -0.274. The fraction of sp³-hybridized carbons (Fsp3) is 0.250. The zero-order chi connectivity index (χ0) is 17.7. The Balaban J connectivity index is 2.19. The third-order valence-corrected chi connectivity index (χ3v) is 3.19. The molecule has 1 N–H and O–H groups in total. The fourth-order valence-electron chi connectivity index (χ4n) is 2.18. The monoisotopic (exact) mass is 341 g/mol. The molecule has 1 aromatic carbocycles. The number of nitrogens with zero attached hydrogens (tertiary/aromatic N) is 1. The van der Waals surface area contributed by atoms with Crippen molar-refractivity contribution >= 4 is 5.97 Å². The van der Waals surface area contributed by atoms with Crippen molar-refractivity contribution < 1.29 is 27.8 Å². The molecule has 0 aliphatic carbocycles. The Hall–Kier alpha value is -2.77. The Morgan fingerprint density at radius 3 is 2.62 bits per heavy atom. The van der Waals surface area contributed by atoms with Crippen molar-refractivity contribution in [2.75, 3.05) is 0 Å². The summed E-state index contributed by atoms with van der Waals surface area (Å²) in [6.45, 7) is 0.0504. The summed E-state index contributed by atoms with van der Waals surface area (Å²) in [6.07, 6.45) is -3.38. The number of aromatic nitrogens is 1. The van der Waals surface area contributed by atoms with Crippen molar-refractivity contribution in [3.05, 3.63) is 64.1 Å². The van der Waals surface area contributed by atoms with E-state index in [-0.39, 0.29) is 30.7 Å². The quantitative estimate of drug-likeness (QED) is 0.877. The molecule has 0 saturated heterocycles.